The Bertz CT molecular complexity index is 599. The standard InChI is InChI=1S/C16H17FN2S/c1-11(10-12-6-3-2-4-7-12)19-14-9-5-8-13(17)15(14)16(18)20/h2-9,11,19H,10H2,1H3,(H2,18,20). The highest BCUT2D eigenvalue weighted by atomic mass is 32.1. The van der Waals surface area contributed by atoms with Crippen LogP contribution in [0, 0.1) is 5.82 Å². The van der Waals surface area contributed by atoms with Crippen molar-refractivity contribution in [1.29, 1.82) is 0 Å². The Kier molecular flexibility index (Phi) is 4.69. The first-order valence-corrected chi connectivity index (χ1v) is 6.87. The Morgan fingerprint density at radius 2 is 1.90 bits per heavy atom. The van der Waals surface area contributed by atoms with Gasteiger partial charge in [0.1, 0.15) is 10.8 Å². The van der Waals surface area contributed by atoms with Crippen LogP contribution in [0.5, 0.6) is 0 Å². The molecular formula is C16H17FN2S. The fourth-order valence-corrected chi connectivity index (χ4v) is 2.39. The summed E-state index contributed by atoms with van der Waals surface area (Å²) < 4.78 is 13.8. The van der Waals surface area contributed by atoms with Gasteiger partial charge in [-0.05, 0) is 31.0 Å². The molecule has 0 saturated carbocycles. The molecule has 4 heteroatoms. The zero-order valence-electron chi connectivity index (χ0n) is 11.3. The van der Waals surface area contributed by atoms with E-state index in [1.807, 2.05) is 25.1 Å². The molecule has 0 saturated heterocycles. The highest BCUT2D eigenvalue weighted by Gasteiger charge is 2.13. The van der Waals surface area contributed by atoms with Gasteiger partial charge in [-0.2, -0.15) is 0 Å². The van der Waals surface area contributed by atoms with E-state index in [4.69, 9.17) is 18.0 Å². The first-order chi connectivity index (χ1) is 9.58. The van der Waals surface area contributed by atoms with Gasteiger partial charge >= 0.3 is 0 Å². The van der Waals surface area contributed by atoms with Gasteiger partial charge in [-0.15, -0.1) is 0 Å². The van der Waals surface area contributed by atoms with Gasteiger partial charge in [0.15, 0.2) is 0 Å². The van der Waals surface area contributed by atoms with Crippen LogP contribution in [0.25, 0.3) is 0 Å². The second-order valence-corrected chi connectivity index (χ2v) is 5.20. The lowest BCUT2D eigenvalue weighted by Crippen LogP contribution is -2.22. The molecule has 20 heavy (non-hydrogen) atoms. The second-order valence-electron chi connectivity index (χ2n) is 4.76. The molecule has 0 aromatic heterocycles. The van der Waals surface area contributed by atoms with Crippen molar-refractivity contribution in [2.24, 2.45) is 5.73 Å². The van der Waals surface area contributed by atoms with E-state index in [0.717, 1.165) is 6.42 Å². The summed E-state index contributed by atoms with van der Waals surface area (Å²) in [4.78, 5) is 0.0671. The Morgan fingerprint density at radius 1 is 1.20 bits per heavy atom. The minimum atomic E-state index is -0.394. The molecule has 2 rings (SSSR count). The molecule has 0 spiro atoms. The van der Waals surface area contributed by atoms with E-state index in [0.29, 0.717) is 5.69 Å². The highest BCUT2D eigenvalue weighted by molar-refractivity contribution is 7.80. The van der Waals surface area contributed by atoms with Crippen LogP contribution in [0.3, 0.4) is 0 Å². The van der Waals surface area contributed by atoms with Gasteiger partial charge < -0.3 is 11.1 Å². The zero-order valence-corrected chi connectivity index (χ0v) is 12.1. The number of thiocarbonyl (C=S) groups is 1. The molecule has 3 N–H and O–H groups in total. The lowest BCUT2D eigenvalue weighted by atomic mass is 10.1. The van der Waals surface area contributed by atoms with Crippen molar-refractivity contribution in [2.45, 2.75) is 19.4 Å². The minimum Gasteiger partial charge on any atom is -0.389 e. The molecule has 0 aliphatic carbocycles. The van der Waals surface area contributed by atoms with Gasteiger partial charge in [-0.3, -0.25) is 0 Å². The van der Waals surface area contributed by atoms with Gasteiger partial charge in [0, 0.05) is 11.7 Å². The maximum absolute atomic E-state index is 13.8. The number of rotatable bonds is 5. The van der Waals surface area contributed by atoms with Gasteiger partial charge in [-0.1, -0.05) is 48.6 Å². The Balaban J connectivity index is 2.14. The number of benzene rings is 2. The van der Waals surface area contributed by atoms with Crippen molar-refractivity contribution in [3.8, 4) is 0 Å². The Labute approximate surface area is 123 Å². The fourth-order valence-electron chi connectivity index (χ4n) is 2.18. The van der Waals surface area contributed by atoms with E-state index in [-0.39, 0.29) is 16.6 Å². The van der Waals surface area contributed by atoms with Crippen molar-refractivity contribution in [3.05, 3.63) is 65.5 Å². The van der Waals surface area contributed by atoms with Crippen molar-refractivity contribution >= 4 is 22.9 Å². The summed E-state index contributed by atoms with van der Waals surface area (Å²) in [5, 5.41) is 3.27. The average Bonchev–Trinajstić information content (AvgIpc) is 2.39. The third kappa shape index (κ3) is 3.54. The third-order valence-electron chi connectivity index (χ3n) is 3.05. The van der Waals surface area contributed by atoms with Crippen LogP contribution in [-0.2, 0) is 6.42 Å². The molecular weight excluding hydrogens is 271 g/mol. The van der Waals surface area contributed by atoms with E-state index >= 15 is 0 Å². The lowest BCUT2D eigenvalue weighted by Gasteiger charge is -2.18. The van der Waals surface area contributed by atoms with Crippen molar-refractivity contribution in [3.63, 3.8) is 0 Å². The maximum atomic E-state index is 13.8. The SMILES string of the molecule is CC(Cc1ccccc1)Nc1cccc(F)c1C(N)=S. The predicted molar refractivity (Wildman–Crippen MR) is 85.5 cm³/mol. The summed E-state index contributed by atoms with van der Waals surface area (Å²) in [6, 6.07) is 15.1. The lowest BCUT2D eigenvalue weighted by molar-refractivity contribution is 0.625. The van der Waals surface area contributed by atoms with Crippen molar-refractivity contribution in [2.75, 3.05) is 5.32 Å². The van der Waals surface area contributed by atoms with Gasteiger partial charge in [0.2, 0.25) is 0 Å². The van der Waals surface area contributed by atoms with Crippen LogP contribution in [0.2, 0.25) is 0 Å². The van der Waals surface area contributed by atoms with E-state index < -0.39 is 5.82 Å². The largest absolute Gasteiger partial charge is 0.389 e. The molecule has 0 heterocycles. The molecule has 0 amide bonds. The van der Waals surface area contributed by atoms with Crippen molar-refractivity contribution in [1.82, 2.24) is 0 Å². The molecule has 0 radical (unpaired) electrons. The summed E-state index contributed by atoms with van der Waals surface area (Å²) in [6.45, 7) is 2.04. The Morgan fingerprint density at radius 3 is 2.55 bits per heavy atom. The monoisotopic (exact) mass is 288 g/mol. The molecule has 2 nitrogen and oxygen atoms in total. The van der Waals surface area contributed by atoms with Crippen LogP contribution in [-0.4, -0.2) is 11.0 Å². The van der Waals surface area contributed by atoms with Crippen LogP contribution in [0.4, 0.5) is 10.1 Å². The predicted octanol–water partition coefficient (Wildman–Crippen LogP) is 3.50. The number of hydrogen-bond donors (Lipinski definition) is 2. The van der Waals surface area contributed by atoms with Gasteiger partial charge in [-0.25, -0.2) is 4.39 Å². The number of hydrogen-bond acceptors (Lipinski definition) is 2. The first-order valence-electron chi connectivity index (χ1n) is 6.46. The van der Waals surface area contributed by atoms with Crippen LogP contribution < -0.4 is 11.1 Å². The van der Waals surface area contributed by atoms with E-state index in [1.165, 1.54) is 11.6 Å². The molecule has 1 atom stereocenters. The first kappa shape index (κ1) is 14.5. The quantitative estimate of drug-likeness (QED) is 0.827. The minimum absolute atomic E-state index is 0.0671. The molecule has 0 fully saturated rings. The second kappa shape index (κ2) is 6.48. The summed E-state index contributed by atoms with van der Waals surface area (Å²) in [7, 11) is 0. The van der Waals surface area contributed by atoms with E-state index in [1.54, 1.807) is 12.1 Å². The molecule has 0 aliphatic heterocycles. The summed E-state index contributed by atoms with van der Waals surface area (Å²) in [6.07, 6.45) is 0.841. The van der Waals surface area contributed by atoms with Crippen LogP contribution in [0.15, 0.2) is 48.5 Å². The van der Waals surface area contributed by atoms with E-state index in [2.05, 4.69) is 17.4 Å². The van der Waals surface area contributed by atoms with Crippen LogP contribution >= 0.6 is 12.2 Å². The van der Waals surface area contributed by atoms with Crippen molar-refractivity contribution < 1.29 is 4.39 Å². The summed E-state index contributed by atoms with van der Waals surface area (Å²) in [5.41, 5.74) is 7.74. The average molecular weight is 288 g/mol. The fraction of sp³-hybridized carbons (Fsp3) is 0.188. The summed E-state index contributed by atoms with van der Waals surface area (Å²) in [5.74, 6) is -0.394. The highest BCUT2D eigenvalue weighted by Crippen LogP contribution is 2.20. The third-order valence-corrected chi connectivity index (χ3v) is 3.25. The number of nitrogens with one attached hydrogen (secondary N) is 1. The molecule has 2 aromatic rings. The number of nitrogens with two attached hydrogens (primary N) is 1. The molecule has 2 aromatic carbocycles. The number of anilines is 1. The zero-order chi connectivity index (χ0) is 14.5. The molecule has 1 unspecified atom stereocenters. The van der Waals surface area contributed by atoms with E-state index in [9.17, 15) is 4.39 Å². The van der Waals surface area contributed by atoms with Gasteiger partial charge in [0.05, 0.1) is 5.56 Å². The van der Waals surface area contributed by atoms with Crippen LogP contribution in [0.1, 0.15) is 18.1 Å². The normalized spacial score (nSPS) is 11.9. The topological polar surface area (TPSA) is 38.0 Å². The molecule has 0 bridgehead atoms. The molecule has 0 aliphatic rings. The summed E-state index contributed by atoms with van der Waals surface area (Å²) >= 11 is 4.92. The number of halogens is 1. The Hall–Kier alpha value is -1.94. The van der Waals surface area contributed by atoms with Gasteiger partial charge in [0.25, 0.3) is 0 Å². The maximum Gasteiger partial charge on any atom is 0.135 e. The molecule has 104 valence electrons. The smallest absolute Gasteiger partial charge is 0.135 e.